The van der Waals surface area contributed by atoms with Crippen LogP contribution in [0, 0.1) is 5.82 Å². The average molecular weight is 398 g/mol. The van der Waals surface area contributed by atoms with E-state index in [1.165, 1.54) is 6.07 Å². The summed E-state index contributed by atoms with van der Waals surface area (Å²) < 4.78 is 14.0. The molecule has 2 atom stereocenters. The Morgan fingerprint density at radius 3 is 2.72 bits per heavy atom. The van der Waals surface area contributed by atoms with Crippen LogP contribution >= 0.6 is 0 Å². The molecule has 1 fully saturated rings. The molecule has 2 unspecified atom stereocenters. The maximum absolute atomic E-state index is 14.0. The molecule has 0 spiro atoms. The number of halogens is 1. The van der Waals surface area contributed by atoms with Crippen molar-refractivity contribution in [3.05, 3.63) is 41.3 Å². The maximum atomic E-state index is 14.0. The first kappa shape index (κ1) is 19.6. The van der Waals surface area contributed by atoms with E-state index in [2.05, 4.69) is 39.7 Å². The third-order valence-electron chi connectivity index (χ3n) is 5.54. The van der Waals surface area contributed by atoms with Crippen molar-refractivity contribution in [1.29, 1.82) is 0 Å². The number of nitrogens with one attached hydrogen (secondary N) is 3. The zero-order valence-electron chi connectivity index (χ0n) is 16.9. The number of rotatable bonds is 6. The van der Waals surface area contributed by atoms with Gasteiger partial charge in [0.25, 0.3) is 0 Å². The van der Waals surface area contributed by atoms with E-state index in [1.54, 1.807) is 12.1 Å². The third kappa shape index (κ3) is 4.17. The number of aromatic nitrogens is 4. The number of fused-ring (bicyclic) bond motifs is 1. The monoisotopic (exact) mass is 397 g/mol. The van der Waals surface area contributed by atoms with Crippen molar-refractivity contribution in [3.63, 3.8) is 0 Å². The quantitative estimate of drug-likeness (QED) is 0.503. The molecule has 0 amide bonds. The maximum Gasteiger partial charge on any atom is 0.225 e. The second kappa shape index (κ2) is 8.32. The SMILES string of the molecule is CC(C)c1[nH]nc2c(NCc3ccccc3F)nc(NC3CCCCC3N)nc12. The molecule has 4 rings (SSSR count). The number of benzene rings is 1. The first-order valence-electron chi connectivity index (χ1n) is 10.3. The molecule has 2 aromatic heterocycles. The summed E-state index contributed by atoms with van der Waals surface area (Å²) in [6, 6.07) is 6.94. The fraction of sp³-hybridized carbons (Fsp3) is 0.476. The molecule has 2 heterocycles. The molecule has 1 aliphatic carbocycles. The molecule has 29 heavy (non-hydrogen) atoms. The molecule has 1 saturated carbocycles. The van der Waals surface area contributed by atoms with Crippen LogP contribution in [0.3, 0.4) is 0 Å². The largest absolute Gasteiger partial charge is 0.364 e. The molecule has 8 heteroatoms. The highest BCUT2D eigenvalue weighted by Gasteiger charge is 2.24. The number of hydrogen-bond donors (Lipinski definition) is 4. The van der Waals surface area contributed by atoms with E-state index in [-0.39, 0.29) is 23.8 Å². The minimum absolute atomic E-state index is 0.0896. The van der Waals surface area contributed by atoms with Crippen LogP contribution < -0.4 is 16.4 Å². The highest BCUT2D eigenvalue weighted by atomic mass is 19.1. The zero-order chi connectivity index (χ0) is 20.4. The molecule has 1 aliphatic rings. The third-order valence-corrected chi connectivity index (χ3v) is 5.54. The summed E-state index contributed by atoms with van der Waals surface area (Å²) in [6.45, 7) is 4.49. The smallest absolute Gasteiger partial charge is 0.225 e. The molecule has 154 valence electrons. The van der Waals surface area contributed by atoms with E-state index in [0.29, 0.717) is 29.4 Å². The highest BCUT2D eigenvalue weighted by Crippen LogP contribution is 2.28. The lowest BCUT2D eigenvalue weighted by molar-refractivity contribution is 0.402. The van der Waals surface area contributed by atoms with Gasteiger partial charge in [0.1, 0.15) is 11.3 Å². The summed E-state index contributed by atoms with van der Waals surface area (Å²) in [5.41, 5.74) is 9.25. The normalized spacial score (nSPS) is 19.6. The second-order valence-electron chi connectivity index (χ2n) is 8.03. The van der Waals surface area contributed by atoms with E-state index in [4.69, 9.17) is 10.7 Å². The van der Waals surface area contributed by atoms with Gasteiger partial charge >= 0.3 is 0 Å². The van der Waals surface area contributed by atoms with Crippen molar-refractivity contribution < 1.29 is 4.39 Å². The van der Waals surface area contributed by atoms with E-state index in [0.717, 1.165) is 36.9 Å². The fourth-order valence-electron chi connectivity index (χ4n) is 3.83. The Balaban J connectivity index is 1.66. The molecule has 0 saturated heterocycles. The topological polar surface area (TPSA) is 105 Å². The molecule has 1 aromatic carbocycles. The summed E-state index contributed by atoms with van der Waals surface area (Å²) in [4.78, 5) is 9.39. The van der Waals surface area contributed by atoms with Crippen LogP contribution in [0.2, 0.25) is 0 Å². The summed E-state index contributed by atoms with van der Waals surface area (Å²) >= 11 is 0. The van der Waals surface area contributed by atoms with Crippen LogP contribution in [-0.4, -0.2) is 32.2 Å². The van der Waals surface area contributed by atoms with Gasteiger partial charge in [-0.2, -0.15) is 10.1 Å². The number of nitrogens with zero attached hydrogens (tertiary/aromatic N) is 3. The summed E-state index contributed by atoms with van der Waals surface area (Å²) in [5.74, 6) is 1.09. The standard InChI is InChI=1S/C21H28FN7/c1-12(2)17-18-19(29-28-17)20(24-11-13-7-3-4-8-14(13)22)27-21(26-18)25-16-10-6-5-9-15(16)23/h3-4,7-8,12,15-16H,5-6,9-11,23H2,1-2H3,(H,28,29)(H2,24,25,26,27). The Morgan fingerprint density at radius 1 is 1.17 bits per heavy atom. The molecule has 7 nitrogen and oxygen atoms in total. The highest BCUT2D eigenvalue weighted by molar-refractivity contribution is 5.88. The van der Waals surface area contributed by atoms with Crippen LogP contribution in [0.4, 0.5) is 16.2 Å². The van der Waals surface area contributed by atoms with Crippen LogP contribution in [0.25, 0.3) is 11.0 Å². The van der Waals surface area contributed by atoms with Crippen LogP contribution in [0.1, 0.15) is 56.7 Å². The van der Waals surface area contributed by atoms with Crippen molar-refractivity contribution in [2.45, 2.75) is 64.1 Å². The van der Waals surface area contributed by atoms with Gasteiger partial charge in [-0.25, -0.2) is 9.37 Å². The molecule has 0 bridgehead atoms. The van der Waals surface area contributed by atoms with Gasteiger partial charge in [-0.05, 0) is 24.8 Å². The minimum atomic E-state index is -0.248. The lowest BCUT2D eigenvalue weighted by Crippen LogP contribution is -2.43. The fourth-order valence-corrected chi connectivity index (χ4v) is 3.83. The first-order chi connectivity index (χ1) is 14.0. The van der Waals surface area contributed by atoms with Gasteiger partial charge in [0.2, 0.25) is 5.95 Å². The van der Waals surface area contributed by atoms with Crippen LogP contribution in [-0.2, 0) is 6.54 Å². The van der Waals surface area contributed by atoms with Crippen molar-refractivity contribution in [2.75, 3.05) is 10.6 Å². The van der Waals surface area contributed by atoms with Gasteiger partial charge < -0.3 is 16.4 Å². The molecular formula is C21H28FN7. The predicted octanol–water partition coefficient (Wildman–Crippen LogP) is 3.91. The predicted molar refractivity (Wildman–Crippen MR) is 113 cm³/mol. The van der Waals surface area contributed by atoms with Crippen LogP contribution in [0.5, 0.6) is 0 Å². The molecule has 3 aromatic rings. The minimum Gasteiger partial charge on any atom is -0.364 e. The van der Waals surface area contributed by atoms with E-state index in [1.807, 2.05) is 6.07 Å². The number of H-pyrrole nitrogens is 1. The first-order valence-corrected chi connectivity index (χ1v) is 10.3. The van der Waals surface area contributed by atoms with E-state index >= 15 is 0 Å². The second-order valence-corrected chi connectivity index (χ2v) is 8.03. The number of anilines is 2. The van der Waals surface area contributed by atoms with Gasteiger partial charge in [-0.15, -0.1) is 0 Å². The zero-order valence-corrected chi connectivity index (χ0v) is 16.9. The molecule has 5 N–H and O–H groups in total. The lowest BCUT2D eigenvalue weighted by atomic mass is 9.91. The molecule has 0 radical (unpaired) electrons. The Labute approximate surface area is 169 Å². The Hall–Kier alpha value is -2.74. The van der Waals surface area contributed by atoms with Gasteiger partial charge in [-0.3, -0.25) is 5.10 Å². The molecule has 0 aliphatic heterocycles. The van der Waals surface area contributed by atoms with E-state index < -0.39 is 0 Å². The van der Waals surface area contributed by atoms with Crippen molar-refractivity contribution in [1.82, 2.24) is 20.2 Å². The van der Waals surface area contributed by atoms with Crippen LogP contribution in [0.15, 0.2) is 24.3 Å². The van der Waals surface area contributed by atoms with Crippen molar-refractivity contribution in [2.24, 2.45) is 5.73 Å². The number of nitrogens with two attached hydrogens (primary N) is 1. The average Bonchev–Trinajstić information content (AvgIpc) is 3.13. The van der Waals surface area contributed by atoms with Gasteiger partial charge in [0, 0.05) is 24.2 Å². The van der Waals surface area contributed by atoms with Gasteiger partial charge in [-0.1, -0.05) is 44.9 Å². The number of aromatic amines is 1. The summed E-state index contributed by atoms with van der Waals surface area (Å²) in [6.07, 6.45) is 4.31. The van der Waals surface area contributed by atoms with Crippen molar-refractivity contribution in [3.8, 4) is 0 Å². The lowest BCUT2D eigenvalue weighted by Gasteiger charge is -2.29. The summed E-state index contributed by atoms with van der Waals surface area (Å²) in [7, 11) is 0. The Kier molecular flexibility index (Phi) is 5.62. The Bertz CT molecular complexity index is 984. The summed E-state index contributed by atoms with van der Waals surface area (Å²) in [5, 5.41) is 14.2. The van der Waals surface area contributed by atoms with E-state index in [9.17, 15) is 4.39 Å². The Morgan fingerprint density at radius 2 is 1.97 bits per heavy atom. The van der Waals surface area contributed by atoms with Crippen molar-refractivity contribution >= 4 is 22.8 Å². The number of hydrogen-bond acceptors (Lipinski definition) is 6. The molecular weight excluding hydrogens is 369 g/mol. The van der Waals surface area contributed by atoms with Gasteiger partial charge in [0.15, 0.2) is 11.3 Å². The van der Waals surface area contributed by atoms with Gasteiger partial charge in [0.05, 0.1) is 5.69 Å².